The second kappa shape index (κ2) is 7.21. The van der Waals surface area contributed by atoms with Gasteiger partial charge in [0.25, 0.3) is 0 Å². The Bertz CT molecular complexity index is 872. The Morgan fingerprint density at radius 2 is 1.56 bits per heavy atom. The fourth-order valence-corrected chi connectivity index (χ4v) is 2.70. The maximum atomic E-state index is 5.38. The summed E-state index contributed by atoms with van der Waals surface area (Å²) in [6.07, 6.45) is 0. The minimum atomic E-state index is 0.565. The molecule has 128 valence electrons. The van der Waals surface area contributed by atoms with Gasteiger partial charge in [0.2, 0.25) is 5.95 Å². The molecule has 0 fully saturated rings. The molecule has 25 heavy (non-hydrogen) atoms. The van der Waals surface area contributed by atoms with Crippen molar-refractivity contribution in [2.24, 2.45) is 0 Å². The predicted molar refractivity (Wildman–Crippen MR) is 102 cm³/mol. The second-order valence-electron chi connectivity index (χ2n) is 5.94. The number of aryl methyl sites for hydroxylation is 3. The number of nitrogens with zero attached hydrogens (tertiary/aromatic N) is 2. The third kappa shape index (κ3) is 3.88. The molecule has 2 N–H and O–H groups in total. The van der Waals surface area contributed by atoms with E-state index in [1.165, 1.54) is 0 Å². The van der Waals surface area contributed by atoms with Crippen molar-refractivity contribution < 1.29 is 4.74 Å². The van der Waals surface area contributed by atoms with Crippen LogP contribution in [0, 0.1) is 20.8 Å². The molecule has 0 aliphatic rings. The van der Waals surface area contributed by atoms with Gasteiger partial charge in [-0.1, -0.05) is 30.3 Å². The van der Waals surface area contributed by atoms with E-state index >= 15 is 0 Å². The Balaban J connectivity index is 1.91. The molecule has 0 saturated heterocycles. The number of rotatable bonds is 5. The Morgan fingerprint density at radius 3 is 2.28 bits per heavy atom. The molecule has 1 heterocycles. The van der Waals surface area contributed by atoms with E-state index in [4.69, 9.17) is 4.74 Å². The normalized spacial score (nSPS) is 10.4. The largest absolute Gasteiger partial charge is 0.495 e. The molecular weight excluding hydrogens is 312 g/mol. The molecule has 0 saturated carbocycles. The Morgan fingerprint density at radius 1 is 0.840 bits per heavy atom. The fraction of sp³-hybridized carbons (Fsp3) is 0.200. The van der Waals surface area contributed by atoms with Crippen LogP contribution >= 0.6 is 0 Å². The van der Waals surface area contributed by atoms with Crippen LogP contribution in [0.4, 0.5) is 23.1 Å². The molecule has 0 radical (unpaired) electrons. The minimum absolute atomic E-state index is 0.565. The first-order chi connectivity index (χ1) is 12.1. The Labute approximate surface area is 148 Å². The van der Waals surface area contributed by atoms with Crippen molar-refractivity contribution in [1.82, 2.24) is 9.97 Å². The highest BCUT2D eigenvalue weighted by molar-refractivity contribution is 5.67. The first-order valence-corrected chi connectivity index (χ1v) is 8.16. The molecular formula is C20H22N4O. The summed E-state index contributed by atoms with van der Waals surface area (Å²) in [6, 6.07) is 15.8. The van der Waals surface area contributed by atoms with Crippen molar-refractivity contribution >= 4 is 23.1 Å². The quantitative estimate of drug-likeness (QED) is 0.695. The van der Waals surface area contributed by atoms with Crippen molar-refractivity contribution in [1.29, 1.82) is 0 Å². The lowest BCUT2D eigenvalue weighted by Gasteiger charge is -2.14. The number of para-hydroxylation sites is 3. The number of aromatic nitrogens is 2. The zero-order valence-corrected chi connectivity index (χ0v) is 14.9. The van der Waals surface area contributed by atoms with Gasteiger partial charge < -0.3 is 15.4 Å². The van der Waals surface area contributed by atoms with Crippen LogP contribution in [0.15, 0.2) is 48.5 Å². The predicted octanol–water partition coefficient (Wildman–Crippen LogP) is 4.90. The van der Waals surface area contributed by atoms with Crippen LogP contribution in [0.2, 0.25) is 0 Å². The summed E-state index contributed by atoms with van der Waals surface area (Å²) < 4.78 is 5.38. The van der Waals surface area contributed by atoms with Crippen molar-refractivity contribution in [3.05, 3.63) is 65.4 Å². The topological polar surface area (TPSA) is 59.1 Å². The molecule has 3 aromatic rings. The van der Waals surface area contributed by atoms with Crippen LogP contribution in [-0.4, -0.2) is 17.1 Å². The van der Waals surface area contributed by atoms with Gasteiger partial charge >= 0.3 is 0 Å². The van der Waals surface area contributed by atoms with Gasteiger partial charge in [-0.15, -0.1) is 0 Å². The smallest absolute Gasteiger partial charge is 0.229 e. The third-order valence-electron chi connectivity index (χ3n) is 3.94. The fourth-order valence-electron chi connectivity index (χ4n) is 2.70. The Kier molecular flexibility index (Phi) is 4.84. The van der Waals surface area contributed by atoms with Crippen LogP contribution in [0.3, 0.4) is 0 Å². The lowest BCUT2D eigenvalue weighted by Crippen LogP contribution is -2.04. The second-order valence-corrected chi connectivity index (χ2v) is 5.94. The highest BCUT2D eigenvalue weighted by atomic mass is 16.5. The zero-order chi connectivity index (χ0) is 17.8. The number of benzene rings is 2. The van der Waals surface area contributed by atoms with E-state index in [0.29, 0.717) is 11.8 Å². The lowest BCUT2D eigenvalue weighted by atomic mass is 10.1. The van der Waals surface area contributed by atoms with Crippen molar-refractivity contribution in [3.8, 4) is 5.75 Å². The van der Waals surface area contributed by atoms with E-state index < -0.39 is 0 Å². The highest BCUT2D eigenvalue weighted by Gasteiger charge is 2.08. The number of hydrogen-bond acceptors (Lipinski definition) is 5. The molecule has 0 spiro atoms. The van der Waals surface area contributed by atoms with Crippen molar-refractivity contribution in [3.63, 3.8) is 0 Å². The SMILES string of the molecule is COc1ccccc1Nc1cc(C)nc(Nc2c(C)cccc2C)n1. The van der Waals surface area contributed by atoms with Gasteiger partial charge in [-0.3, -0.25) is 0 Å². The summed E-state index contributed by atoms with van der Waals surface area (Å²) in [6.45, 7) is 6.09. The average molecular weight is 334 g/mol. The number of nitrogens with one attached hydrogen (secondary N) is 2. The molecule has 0 unspecified atom stereocenters. The molecule has 0 bridgehead atoms. The number of hydrogen-bond donors (Lipinski definition) is 2. The van der Waals surface area contributed by atoms with Gasteiger partial charge in [-0.2, -0.15) is 4.98 Å². The van der Waals surface area contributed by atoms with Crippen LogP contribution < -0.4 is 15.4 Å². The van der Waals surface area contributed by atoms with E-state index in [2.05, 4.69) is 46.6 Å². The first kappa shape index (κ1) is 16.8. The van der Waals surface area contributed by atoms with Gasteiger partial charge in [0.15, 0.2) is 0 Å². The molecule has 5 nitrogen and oxygen atoms in total. The molecule has 0 atom stereocenters. The van der Waals surface area contributed by atoms with E-state index in [1.54, 1.807) is 7.11 Å². The monoisotopic (exact) mass is 334 g/mol. The molecule has 3 rings (SSSR count). The number of methoxy groups -OCH3 is 1. The van der Waals surface area contributed by atoms with E-state index in [0.717, 1.165) is 33.9 Å². The standard InChI is InChI=1S/C20H22N4O/c1-13-8-7-9-14(2)19(13)24-20-21-15(3)12-18(23-20)22-16-10-5-6-11-17(16)25-4/h5-12H,1-4H3,(H2,21,22,23,24). The number of ether oxygens (including phenoxy) is 1. The van der Waals surface area contributed by atoms with Gasteiger partial charge in [-0.25, -0.2) is 4.98 Å². The molecule has 2 aromatic carbocycles. The number of anilines is 4. The van der Waals surface area contributed by atoms with Gasteiger partial charge in [0.05, 0.1) is 12.8 Å². The van der Waals surface area contributed by atoms with Gasteiger partial charge in [-0.05, 0) is 44.0 Å². The van der Waals surface area contributed by atoms with Crippen LogP contribution in [-0.2, 0) is 0 Å². The summed E-state index contributed by atoms with van der Waals surface area (Å²) in [5, 5.41) is 6.65. The zero-order valence-electron chi connectivity index (χ0n) is 14.9. The molecule has 0 aliphatic heterocycles. The van der Waals surface area contributed by atoms with Crippen LogP contribution in [0.25, 0.3) is 0 Å². The van der Waals surface area contributed by atoms with E-state index in [1.807, 2.05) is 43.3 Å². The Hall–Kier alpha value is -3.08. The molecule has 5 heteroatoms. The summed E-state index contributed by atoms with van der Waals surface area (Å²) in [5.74, 6) is 2.04. The summed E-state index contributed by atoms with van der Waals surface area (Å²) in [4.78, 5) is 9.09. The van der Waals surface area contributed by atoms with E-state index in [-0.39, 0.29) is 0 Å². The van der Waals surface area contributed by atoms with Crippen molar-refractivity contribution in [2.45, 2.75) is 20.8 Å². The van der Waals surface area contributed by atoms with Gasteiger partial charge in [0, 0.05) is 17.4 Å². The maximum Gasteiger partial charge on any atom is 0.229 e. The summed E-state index contributed by atoms with van der Waals surface area (Å²) in [5.41, 5.74) is 5.09. The summed E-state index contributed by atoms with van der Waals surface area (Å²) in [7, 11) is 1.65. The summed E-state index contributed by atoms with van der Waals surface area (Å²) >= 11 is 0. The van der Waals surface area contributed by atoms with Crippen molar-refractivity contribution in [2.75, 3.05) is 17.7 Å². The van der Waals surface area contributed by atoms with Crippen LogP contribution in [0.5, 0.6) is 5.75 Å². The first-order valence-electron chi connectivity index (χ1n) is 8.16. The van der Waals surface area contributed by atoms with E-state index in [9.17, 15) is 0 Å². The highest BCUT2D eigenvalue weighted by Crippen LogP contribution is 2.28. The van der Waals surface area contributed by atoms with Crippen LogP contribution in [0.1, 0.15) is 16.8 Å². The molecule has 0 amide bonds. The minimum Gasteiger partial charge on any atom is -0.495 e. The lowest BCUT2D eigenvalue weighted by molar-refractivity contribution is 0.417. The molecule has 1 aromatic heterocycles. The maximum absolute atomic E-state index is 5.38. The third-order valence-corrected chi connectivity index (χ3v) is 3.94. The molecule has 0 aliphatic carbocycles. The average Bonchev–Trinajstić information content (AvgIpc) is 2.58. The van der Waals surface area contributed by atoms with Gasteiger partial charge in [0.1, 0.15) is 11.6 Å².